The molecule has 154 valence electrons. The summed E-state index contributed by atoms with van der Waals surface area (Å²) in [6.07, 6.45) is 0. The van der Waals surface area contributed by atoms with Gasteiger partial charge in [0.25, 0.3) is 11.8 Å². The van der Waals surface area contributed by atoms with Crippen LogP contribution in [0, 0.1) is 5.82 Å². The van der Waals surface area contributed by atoms with Crippen molar-refractivity contribution in [3.63, 3.8) is 0 Å². The zero-order valence-corrected chi connectivity index (χ0v) is 16.9. The van der Waals surface area contributed by atoms with Gasteiger partial charge in [-0.15, -0.1) is 0 Å². The molecule has 2 aromatic rings. The molecule has 1 aliphatic rings. The van der Waals surface area contributed by atoms with Crippen molar-refractivity contribution in [2.75, 3.05) is 44.6 Å². The summed E-state index contributed by atoms with van der Waals surface area (Å²) in [6.45, 7) is 4.63. The zero-order chi connectivity index (χ0) is 20.6. The number of quaternary nitrogens is 2. The standard InChI is InChI=1S/C21H24ClFN4O2/c22-17-3-1-16(2-4-17)13-24-20(28)14-26-9-11-27(12-10-26)15-21(29)25-19-7-5-18(23)6-8-19/h1-8H,9-15H2,(H,24,28)(H,25,29)/p+2. The van der Waals surface area contributed by atoms with Crippen LogP contribution < -0.4 is 20.4 Å². The lowest BCUT2D eigenvalue weighted by atomic mass is 10.2. The fourth-order valence-electron chi connectivity index (χ4n) is 3.37. The van der Waals surface area contributed by atoms with Crippen LogP contribution in [0.2, 0.25) is 5.02 Å². The number of halogens is 2. The van der Waals surface area contributed by atoms with Gasteiger partial charge in [-0.3, -0.25) is 9.59 Å². The fraction of sp³-hybridized carbons (Fsp3) is 0.333. The number of hydrogen-bond acceptors (Lipinski definition) is 2. The van der Waals surface area contributed by atoms with Gasteiger partial charge < -0.3 is 20.4 Å². The molecule has 0 bridgehead atoms. The second-order valence-electron chi connectivity index (χ2n) is 7.31. The predicted octanol–water partition coefficient (Wildman–Crippen LogP) is -0.483. The van der Waals surface area contributed by atoms with E-state index in [1.807, 2.05) is 24.3 Å². The van der Waals surface area contributed by atoms with Crippen molar-refractivity contribution in [2.24, 2.45) is 0 Å². The Bertz CT molecular complexity index is 822. The molecule has 1 heterocycles. The SMILES string of the molecule is O=C(C[NH+]1CC[NH+](CC(=O)Nc2ccc(F)cc2)CC1)NCc1ccc(Cl)cc1. The van der Waals surface area contributed by atoms with Gasteiger partial charge >= 0.3 is 0 Å². The van der Waals surface area contributed by atoms with Crippen LogP contribution in [0.4, 0.5) is 10.1 Å². The number of hydrogen-bond donors (Lipinski definition) is 4. The van der Waals surface area contributed by atoms with E-state index in [0.29, 0.717) is 30.3 Å². The molecule has 0 aliphatic carbocycles. The van der Waals surface area contributed by atoms with Crippen molar-refractivity contribution in [3.8, 4) is 0 Å². The molecule has 29 heavy (non-hydrogen) atoms. The Kier molecular flexibility index (Phi) is 7.57. The van der Waals surface area contributed by atoms with Crippen molar-refractivity contribution in [1.82, 2.24) is 5.32 Å². The lowest BCUT2D eigenvalue weighted by Crippen LogP contribution is -3.28. The van der Waals surface area contributed by atoms with Crippen LogP contribution in [0.25, 0.3) is 0 Å². The van der Waals surface area contributed by atoms with Gasteiger partial charge in [0.2, 0.25) is 0 Å². The summed E-state index contributed by atoms with van der Waals surface area (Å²) >= 11 is 5.86. The van der Waals surface area contributed by atoms with Gasteiger partial charge in [0.15, 0.2) is 13.1 Å². The van der Waals surface area contributed by atoms with E-state index in [-0.39, 0.29) is 17.6 Å². The third kappa shape index (κ3) is 7.12. The van der Waals surface area contributed by atoms with E-state index in [1.54, 1.807) is 12.1 Å². The number of carbonyl (C=O) groups excluding carboxylic acids is 2. The normalized spacial score (nSPS) is 18.8. The van der Waals surface area contributed by atoms with E-state index in [4.69, 9.17) is 11.6 Å². The highest BCUT2D eigenvalue weighted by molar-refractivity contribution is 6.30. The molecule has 0 unspecified atom stereocenters. The smallest absolute Gasteiger partial charge is 0.279 e. The van der Waals surface area contributed by atoms with Crippen LogP contribution in [0.1, 0.15) is 5.56 Å². The first kappa shape index (κ1) is 21.2. The third-order valence-corrected chi connectivity index (χ3v) is 5.27. The molecule has 3 rings (SSSR count). The second kappa shape index (κ2) is 10.3. The minimum atomic E-state index is -0.329. The average Bonchev–Trinajstić information content (AvgIpc) is 2.71. The highest BCUT2D eigenvalue weighted by atomic mass is 35.5. The van der Waals surface area contributed by atoms with Gasteiger partial charge in [-0.25, -0.2) is 4.39 Å². The van der Waals surface area contributed by atoms with Gasteiger partial charge in [0.1, 0.15) is 32.0 Å². The largest absolute Gasteiger partial charge is 0.347 e. The van der Waals surface area contributed by atoms with Gasteiger partial charge in [-0.2, -0.15) is 0 Å². The van der Waals surface area contributed by atoms with Gasteiger partial charge in [-0.1, -0.05) is 23.7 Å². The summed E-state index contributed by atoms with van der Waals surface area (Å²) in [5.41, 5.74) is 1.61. The Labute approximate surface area is 174 Å². The molecule has 2 aromatic carbocycles. The molecular formula is C21H26ClFN4O2+2. The molecule has 1 fully saturated rings. The molecule has 6 nitrogen and oxygen atoms in total. The number of benzene rings is 2. The Hall–Kier alpha value is -2.48. The maximum Gasteiger partial charge on any atom is 0.279 e. The second-order valence-corrected chi connectivity index (χ2v) is 7.75. The number of amides is 2. The summed E-state index contributed by atoms with van der Waals surface area (Å²) in [6, 6.07) is 13.2. The van der Waals surface area contributed by atoms with E-state index in [2.05, 4.69) is 10.6 Å². The average molecular weight is 421 g/mol. The van der Waals surface area contributed by atoms with Crippen molar-refractivity contribution >= 4 is 29.1 Å². The molecule has 2 amide bonds. The topological polar surface area (TPSA) is 67.1 Å². The summed E-state index contributed by atoms with van der Waals surface area (Å²) in [5, 5.41) is 6.41. The minimum Gasteiger partial charge on any atom is -0.347 e. The first-order valence-corrected chi connectivity index (χ1v) is 10.1. The van der Waals surface area contributed by atoms with E-state index >= 15 is 0 Å². The molecule has 1 saturated heterocycles. The molecule has 0 aromatic heterocycles. The quantitative estimate of drug-likeness (QED) is 0.489. The fourth-order valence-corrected chi connectivity index (χ4v) is 3.49. The monoisotopic (exact) mass is 420 g/mol. The Morgan fingerprint density at radius 3 is 2.00 bits per heavy atom. The Morgan fingerprint density at radius 1 is 0.862 bits per heavy atom. The van der Waals surface area contributed by atoms with E-state index in [1.165, 1.54) is 21.9 Å². The molecule has 8 heteroatoms. The minimum absolute atomic E-state index is 0.0208. The lowest BCUT2D eigenvalue weighted by molar-refractivity contribution is -1.00. The number of piperazine rings is 1. The van der Waals surface area contributed by atoms with Gasteiger partial charge in [0, 0.05) is 17.3 Å². The highest BCUT2D eigenvalue weighted by Gasteiger charge is 2.26. The summed E-state index contributed by atoms with van der Waals surface area (Å²) in [4.78, 5) is 26.8. The van der Waals surface area contributed by atoms with Crippen LogP contribution >= 0.6 is 11.6 Å². The third-order valence-electron chi connectivity index (χ3n) is 5.02. The number of rotatable bonds is 7. The molecule has 0 radical (unpaired) electrons. The summed E-state index contributed by atoms with van der Waals surface area (Å²) in [5.74, 6) is -0.395. The van der Waals surface area contributed by atoms with E-state index in [0.717, 1.165) is 31.7 Å². The number of carbonyl (C=O) groups is 2. The number of nitrogens with one attached hydrogen (secondary N) is 4. The van der Waals surface area contributed by atoms with Gasteiger partial charge in [0.05, 0.1) is 0 Å². The molecular weight excluding hydrogens is 395 g/mol. The van der Waals surface area contributed by atoms with E-state index < -0.39 is 0 Å². The molecule has 0 spiro atoms. The van der Waals surface area contributed by atoms with E-state index in [9.17, 15) is 14.0 Å². The van der Waals surface area contributed by atoms with Crippen LogP contribution in [0.3, 0.4) is 0 Å². The van der Waals surface area contributed by atoms with Crippen molar-refractivity contribution in [2.45, 2.75) is 6.54 Å². The summed E-state index contributed by atoms with van der Waals surface area (Å²) < 4.78 is 12.9. The highest BCUT2D eigenvalue weighted by Crippen LogP contribution is 2.09. The van der Waals surface area contributed by atoms with Crippen molar-refractivity contribution in [3.05, 3.63) is 64.9 Å². The van der Waals surface area contributed by atoms with Crippen LogP contribution in [-0.2, 0) is 16.1 Å². The van der Waals surface area contributed by atoms with Gasteiger partial charge in [-0.05, 0) is 42.0 Å². The molecule has 0 saturated carbocycles. The molecule has 4 N–H and O–H groups in total. The maximum absolute atomic E-state index is 12.9. The molecule has 0 atom stereocenters. The first-order chi connectivity index (χ1) is 14.0. The predicted molar refractivity (Wildman–Crippen MR) is 109 cm³/mol. The van der Waals surface area contributed by atoms with Crippen LogP contribution in [0.5, 0.6) is 0 Å². The molecule has 1 aliphatic heterocycles. The Balaban J connectivity index is 1.34. The zero-order valence-electron chi connectivity index (χ0n) is 16.1. The van der Waals surface area contributed by atoms with Crippen molar-refractivity contribution in [1.29, 1.82) is 0 Å². The maximum atomic E-state index is 12.9. The lowest BCUT2D eigenvalue weighted by Gasteiger charge is -2.29. The van der Waals surface area contributed by atoms with Crippen molar-refractivity contribution < 1.29 is 23.8 Å². The Morgan fingerprint density at radius 2 is 1.41 bits per heavy atom. The summed E-state index contributed by atoms with van der Waals surface area (Å²) in [7, 11) is 0. The first-order valence-electron chi connectivity index (χ1n) is 9.71. The van der Waals surface area contributed by atoms with Crippen LogP contribution in [0.15, 0.2) is 48.5 Å². The number of anilines is 1. The van der Waals surface area contributed by atoms with Crippen LogP contribution in [-0.4, -0.2) is 51.1 Å².